The van der Waals surface area contributed by atoms with Crippen LogP contribution >= 0.6 is 11.8 Å². The topological polar surface area (TPSA) is 38.1 Å². The Morgan fingerprint density at radius 3 is 2.50 bits per heavy atom. The second-order valence-electron chi connectivity index (χ2n) is 7.57. The van der Waals surface area contributed by atoms with Crippen LogP contribution in [0.15, 0.2) is 46.3 Å². The molecule has 0 atom stereocenters. The number of rotatable bonds is 7. The molecule has 0 aliphatic rings. The van der Waals surface area contributed by atoms with Gasteiger partial charge in [-0.2, -0.15) is 0 Å². The lowest BCUT2D eigenvalue weighted by Crippen LogP contribution is -2.26. The first-order valence-corrected chi connectivity index (χ1v) is 10.5. The Hall–Kier alpha value is -2.05. The molecule has 28 heavy (non-hydrogen) atoms. The zero-order valence-electron chi connectivity index (χ0n) is 17.0. The van der Waals surface area contributed by atoms with E-state index in [1.165, 1.54) is 16.7 Å². The third-order valence-corrected chi connectivity index (χ3v) is 5.63. The Morgan fingerprint density at radius 2 is 1.82 bits per heavy atom. The van der Waals surface area contributed by atoms with E-state index in [0.717, 1.165) is 23.9 Å². The van der Waals surface area contributed by atoms with Crippen molar-refractivity contribution in [1.82, 2.24) is 14.5 Å². The molecule has 0 aliphatic carbocycles. The van der Waals surface area contributed by atoms with Crippen molar-refractivity contribution in [2.75, 3.05) is 20.6 Å². The molecule has 0 fully saturated rings. The Kier molecular flexibility index (Phi) is 6.63. The Balaban J connectivity index is 1.95. The number of thioether (sulfide) groups is 1. The van der Waals surface area contributed by atoms with Crippen molar-refractivity contribution in [1.29, 1.82) is 0 Å². The molecule has 0 amide bonds. The van der Waals surface area contributed by atoms with Gasteiger partial charge in [0.25, 0.3) is 5.56 Å². The highest BCUT2D eigenvalue weighted by atomic mass is 32.2. The fraction of sp³-hybridized carbons (Fsp3) is 0.364. The molecule has 0 saturated heterocycles. The number of aryl methyl sites for hydroxylation is 2. The normalized spacial score (nSPS) is 11.5. The molecule has 0 bridgehead atoms. The van der Waals surface area contributed by atoms with Gasteiger partial charge < -0.3 is 4.90 Å². The Morgan fingerprint density at radius 1 is 1.11 bits per heavy atom. The Bertz CT molecular complexity index is 1030. The monoisotopic (exact) mass is 391 g/mol. The van der Waals surface area contributed by atoms with Gasteiger partial charge in [0, 0.05) is 12.3 Å². The van der Waals surface area contributed by atoms with Crippen molar-refractivity contribution in [2.24, 2.45) is 0 Å². The summed E-state index contributed by atoms with van der Waals surface area (Å²) in [6.45, 7) is 5.78. The van der Waals surface area contributed by atoms with Crippen LogP contribution in [0.1, 0.15) is 23.1 Å². The van der Waals surface area contributed by atoms with E-state index in [9.17, 15) is 4.79 Å². The maximum absolute atomic E-state index is 13.1. The van der Waals surface area contributed by atoms with Gasteiger partial charge in [-0.15, -0.1) is 0 Å². The van der Waals surface area contributed by atoms with E-state index in [-0.39, 0.29) is 5.56 Å². The van der Waals surface area contributed by atoms with Crippen LogP contribution in [0.4, 0.5) is 0 Å². The number of hydrogen-bond donors (Lipinski definition) is 0. The van der Waals surface area contributed by atoms with Crippen LogP contribution in [-0.2, 0) is 12.3 Å². The van der Waals surface area contributed by atoms with E-state index in [1.54, 1.807) is 28.5 Å². The second-order valence-corrected chi connectivity index (χ2v) is 8.51. The van der Waals surface area contributed by atoms with Crippen LogP contribution in [0.2, 0.25) is 0 Å². The minimum atomic E-state index is -0.0148. The SMILES string of the molecule is [B]c1ccc2nc(SCc3cc(C)cc(C)c3)n(CCCN(C)C)c(=O)c2c1. The summed E-state index contributed by atoms with van der Waals surface area (Å²) in [7, 11) is 9.97. The Labute approximate surface area is 172 Å². The number of fused-ring (bicyclic) bond motifs is 1. The molecule has 1 heterocycles. The molecule has 0 saturated carbocycles. The zero-order chi connectivity index (χ0) is 20.3. The van der Waals surface area contributed by atoms with Crippen molar-refractivity contribution >= 4 is 36.0 Å². The van der Waals surface area contributed by atoms with E-state index in [1.807, 2.05) is 20.2 Å². The first kappa shape index (κ1) is 20.7. The molecule has 4 nitrogen and oxygen atoms in total. The van der Waals surface area contributed by atoms with Gasteiger partial charge in [0.1, 0.15) is 7.85 Å². The van der Waals surface area contributed by atoms with Gasteiger partial charge in [0.2, 0.25) is 0 Å². The minimum absolute atomic E-state index is 0.0148. The van der Waals surface area contributed by atoms with Crippen LogP contribution in [0.25, 0.3) is 10.9 Å². The molecule has 3 aromatic rings. The molecule has 3 rings (SSSR count). The molecular weight excluding hydrogens is 365 g/mol. The van der Waals surface area contributed by atoms with Gasteiger partial charge in [-0.05, 0) is 52.5 Å². The summed E-state index contributed by atoms with van der Waals surface area (Å²) in [5, 5.41) is 1.35. The van der Waals surface area contributed by atoms with Crippen LogP contribution in [0.3, 0.4) is 0 Å². The van der Waals surface area contributed by atoms with Gasteiger partial charge in [-0.1, -0.05) is 58.7 Å². The predicted octanol–water partition coefficient (Wildman–Crippen LogP) is 3.05. The van der Waals surface area contributed by atoms with Crippen LogP contribution < -0.4 is 11.0 Å². The maximum atomic E-state index is 13.1. The summed E-state index contributed by atoms with van der Waals surface area (Å²) < 4.78 is 1.80. The third kappa shape index (κ3) is 5.06. The standard InChI is InChI=1S/C22H26BN3OS/c1-15-10-16(2)12-17(11-15)14-28-22-24-20-7-6-18(23)13-19(20)21(27)26(22)9-5-8-25(3)4/h6-7,10-13H,5,8-9,14H2,1-4H3. The van der Waals surface area contributed by atoms with Gasteiger partial charge in [-0.25, -0.2) is 4.98 Å². The lowest BCUT2D eigenvalue weighted by molar-refractivity contribution is 0.379. The molecule has 2 radical (unpaired) electrons. The molecule has 144 valence electrons. The summed E-state index contributed by atoms with van der Waals surface area (Å²) in [6.07, 6.45) is 0.888. The quantitative estimate of drug-likeness (QED) is 0.353. The largest absolute Gasteiger partial charge is 0.309 e. The van der Waals surface area contributed by atoms with E-state index in [2.05, 4.69) is 36.9 Å². The van der Waals surface area contributed by atoms with Crippen molar-refractivity contribution in [3.63, 3.8) is 0 Å². The molecule has 0 spiro atoms. The van der Waals surface area contributed by atoms with E-state index < -0.39 is 0 Å². The van der Waals surface area contributed by atoms with Crippen molar-refractivity contribution in [3.8, 4) is 0 Å². The van der Waals surface area contributed by atoms with Crippen LogP contribution in [0, 0.1) is 13.8 Å². The zero-order valence-corrected chi connectivity index (χ0v) is 17.8. The number of aromatic nitrogens is 2. The highest BCUT2D eigenvalue weighted by molar-refractivity contribution is 7.98. The second kappa shape index (κ2) is 8.97. The smallest absolute Gasteiger partial charge is 0.262 e. The lowest BCUT2D eigenvalue weighted by atomic mass is 9.95. The average molecular weight is 391 g/mol. The fourth-order valence-electron chi connectivity index (χ4n) is 3.37. The van der Waals surface area contributed by atoms with Crippen LogP contribution in [0.5, 0.6) is 0 Å². The third-order valence-electron chi connectivity index (χ3n) is 4.58. The molecule has 0 unspecified atom stereocenters. The van der Waals surface area contributed by atoms with Crippen molar-refractivity contribution < 1.29 is 0 Å². The maximum Gasteiger partial charge on any atom is 0.262 e. The molecule has 1 aromatic heterocycles. The lowest BCUT2D eigenvalue weighted by Gasteiger charge is -2.15. The van der Waals surface area contributed by atoms with E-state index in [0.29, 0.717) is 22.9 Å². The van der Waals surface area contributed by atoms with Gasteiger partial charge in [0.15, 0.2) is 5.16 Å². The fourth-order valence-corrected chi connectivity index (χ4v) is 4.33. The summed E-state index contributed by atoms with van der Waals surface area (Å²) in [6, 6.07) is 11.9. The number of hydrogen-bond acceptors (Lipinski definition) is 4. The summed E-state index contributed by atoms with van der Waals surface area (Å²) in [5.74, 6) is 0.781. The summed E-state index contributed by atoms with van der Waals surface area (Å²) in [4.78, 5) is 20.1. The summed E-state index contributed by atoms with van der Waals surface area (Å²) in [5.41, 5.74) is 5.02. The highest BCUT2D eigenvalue weighted by Crippen LogP contribution is 2.23. The highest BCUT2D eigenvalue weighted by Gasteiger charge is 2.12. The first-order chi connectivity index (χ1) is 13.3. The summed E-state index contributed by atoms with van der Waals surface area (Å²) >= 11 is 1.62. The van der Waals surface area contributed by atoms with E-state index in [4.69, 9.17) is 12.8 Å². The van der Waals surface area contributed by atoms with Crippen molar-refractivity contribution in [3.05, 3.63) is 63.4 Å². The minimum Gasteiger partial charge on any atom is -0.309 e. The molecule has 0 N–H and O–H groups in total. The first-order valence-electron chi connectivity index (χ1n) is 9.48. The van der Waals surface area contributed by atoms with Gasteiger partial charge >= 0.3 is 0 Å². The number of nitrogens with zero attached hydrogens (tertiary/aromatic N) is 3. The van der Waals surface area contributed by atoms with E-state index >= 15 is 0 Å². The molecule has 6 heteroatoms. The van der Waals surface area contributed by atoms with Gasteiger partial charge in [-0.3, -0.25) is 9.36 Å². The number of benzene rings is 2. The molecule has 2 aromatic carbocycles. The van der Waals surface area contributed by atoms with Crippen LogP contribution in [-0.4, -0.2) is 42.9 Å². The molecule has 0 aliphatic heterocycles. The van der Waals surface area contributed by atoms with Crippen molar-refractivity contribution in [2.45, 2.75) is 37.7 Å². The predicted molar refractivity (Wildman–Crippen MR) is 120 cm³/mol. The van der Waals surface area contributed by atoms with Gasteiger partial charge in [0.05, 0.1) is 10.9 Å². The average Bonchev–Trinajstić information content (AvgIpc) is 2.61. The molecular formula is C22H26BN3OS.